The minimum Gasteiger partial charge on any atom is -0.314 e. The van der Waals surface area contributed by atoms with Gasteiger partial charge in [0.2, 0.25) is 0 Å². The van der Waals surface area contributed by atoms with Crippen molar-refractivity contribution in [3.8, 4) is 0 Å². The van der Waals surface area contributed by atoms with E-state index in [1.165, 1.54) is 58.2 Å². The predicted molar refractivity (Wildman–Crippen MR) is 81.0 cm³/mol. The molecule has 0 spiro atoms. The van der Waals surface area contributed by atoms with E-state index in [1.807, 2.05) is 0 Å². The average molecular weight is 254 g/mol. The lowest BCUT2D eigenvalue weighted by Crippen LogP contribution is -2.44. The van der Waals surface area contributed by atoms with E-state index in [-0.39, 0.29) is 0 Å². The molecule has 1 rings (SSSR count). The van der Waals surface area contributed by atoms with Gasteiger partial charge < -0.3 is 10.2 Å². The maximum atomic E-state index is 3.68. The van der Waals surface area contributed by atoms with E-state index in [0.717, 1.165) is 18.0 Å². The van der Waals surface area contributed by atoms with Gasteiger partial charge in [-0.3, -0.25) is 0 Å². The first-order valence-corrected chi connectivity index (χ1v) is 8.18. The summed E-state index contributed by atoms with van der Waals surface area (Å²) in [6, 6.07) is 1.65. The van der Waals surface area contributed by atoms with Crippen LogP contribution >= 0.6 is 0 Å². The maximum absolute atomic E-state index is 3.68. The monoisotopic (exact) mass is 254 g/mol. The molecular weight excluding hydrogens is 220 g/mol. The summed E-state index contributed by atoms with van der Waals surface area (Å²) in [7, 11) is 0. The molecule has 0 aromatic rings. The highest BCUT2D eigenvalue weighted by atomic mass is 15.2. The van der Waals surface area contributed by atoms with Crippen LogP contribution in [0.1, 0.15) is 66.2 Å². The Kier molecular flexibility index (Phi) is 7.92. The standard InChI is InChI=1S/C16H34N2/c1-5-12-17-15-8-10-16(11-9-15)18(7-3)13-14(4)6-2/h14-17H,5-13H2,1-4H3. The Hall–Kier alpha value is -0.0800. The van der Waals surface area contributed by atoms with E-state index in [0.29, 0.717) is 0 Å². The second-order valence-corrected chi connectivity index (χ2v) is 6.06. The Morgan fingerprint density at radius 3 is 2.28 bits per heavy atom. The lowest BCUT2D eigenvalue weighted by molar-refractivity contribution is 0.131. The third-order valence-corrected chi connectivity index (χ3v) is 4.55. The largest absolute Gasteiger partial charge is 0.314 e. The molecule has 0 aromatic heterocycles. The minimum atomic E-state index is 0.795. The molecule has 0 aliphatic heterocycles. The number of nitrogens with zero attached hydrogens (tertiary/aromatic N) is 1. The van der Waals surface area contributed by atoms with Gasteiger partial charge in [0.15, 0.2) is 0 Å². The molecule has 2 nitrogen and oxygen atoms in total. The molecule has 0 amide bonds. The van der Waals surface area contributed by atoms with Crippen LogP contribution in [0.5, 0.6) is 0 Å². The molecule has 1 N–H and O–H groups in total. The number of nitrogens with one attached hydrogen (secondary N) is 1. The van der Waals surface area contributed by atoms with Crippen LogP contribution in [-0.2, 0) is 0 Å². The van der Waals surface area contributed by atoms with Crippen molar-refractivity contribution in [2.45, 2.75) is 78.3 Å². The van der Waals surface area contributed by atoms with E-state index < -0.39 is 0 Å². The molecule has 0 aromatic carbocycles. The molecule has 1 saturated carbocycles. The van der Waals surface area contributed by atoms with Crippen LogP contribution in [0, 0.1) is 5.92 Å². The molecule has 0 radical (unpaired) electrons. The van der Waals surface area contributed by atoms with Gasteiger partial charge in [0, 0.05) is 18.6 Å². The van der Waals surface area contributed by atoms with E-state index in [1.54, 1.807) is 0 Å². The van der Waals surface area contributed by atoms with Crippen LogP contribution in [0.4, 0.5) is 0 Å². The van der Waals surface area contributed by atoms with E-state index in [2.05, 4.69) is 37.9 Å². The first-order chi connectivity index (χ1) is 8.71. The van der Waals surface area contributed by atoms with Crippen molar-refractivity contribution < 1.29 is 0 Å². The Balaban J connectivity index is 2.30. The predicted octanol–water partition coefficient (Wildman–Crippen LogP) is 3.67. The van der Waals surface area contributed by atoms with Gasteiger partial charge in [0.25, 0.3) is 0 Å². The lowest BCUT2D eigenvalue weighted by atomic mass is 9.89. The first-order valence-electron chi connectivity index (χ1n) is 8.18. The highest BCUT2D eigenvalue weighted by molar-refractivity contribution is 4.83. The summed E-state index contributed by atoms with van der Waals surface area (Å²) in [5.74, 6) is 0.848. The van der Waals surface area contributed by atoms with E-state index in [9.17, 15) is 0 Å². The summed E-state index contributed by atoms with van der Waals surface area (Å²) in [5.41, 5.74) is 0. The Labute approximate surface area is 115 Å². The molecule has 0 heterocycles. The van der Waals surface area contributed by atoms with Crippen molar-refractivity contribution in [3.05, 3.63) is 0 Å². The van der Waals surface area contributed by atoms with Crippen molar-refractivity contribution >= 4 is 0 Å². The normalized spacial score (nSPS) is 26.5. The zero-order valence-corrected chi connectivity index (χ0v) is 13.0. The van der Waals surface area contributed by atoms with Gasteiger partial charge in [-0.1, -0.05) is 34.1 Å². The Morgan fingerprint density at radius 1 is 1.11 bits per heavy atom. The van der Waals surface area contributed by atoms with Crippen molar-refractivity contribution in [1.82, 2.24) is 10.2 Å². The Bertz CT molecular complexity index is 197. The molecule has 18 heavy (non-hydrogen) atoms. The zero-order valence-electron chi connectivity index (χ0n) is 13.0. The van der Waals surface area contributed by atoms with Gasteiger partial charge in [-0.05, 0) is 51.1 Å². The SMILES string of the molecule is CCCNC1CCC(N(CC)CC(C)CC)CC1. The number of rotatable bonds is 8. The van der Waals surface area contributed by atoms with Crippen molar-refractivity contribution in [3.63, 3.8) is 0 Å². The maximum Gasteiger partial charge on any atom is 0.00964 e. The molecule has 108 valence electrons. The van der Waals surface area contributed by atoms with Crippen LogP contribution in [0.25, 0.3) is 0 Å². The Morgan fingerprint density at radius 2 is 1.78 bits per heavy atom. The number of hydrogen-bond donors (Lipinski definition) is 1. The zero-order chi connectivity index (χ0) is 13.4. The molecule has 2 heteroatoms. The van der Waals surface area contributed by atoms with Gasteiger partial charge in [0.1, 0.15) is 0 Å². The van der Waals surface area contributed by atoms with Crippen LogP contribution in [0.2, 0.25) is 0 Å². The lowest BCUT2D eigenvalue weighted by Gasteiger charge is -2.37. The van der Waals surface area contributed by atoms with Crippen LogP contribution < -0.4 is 5.32 Å². The molecule has 1 atom stereocenters. The summed E-state index contributed by atoms with van der Waals surface area (Å²) in [5, 5.41) is 3.68. The molecule has 1 aliphatic rings. The van der Waals surface area contributed by atoms with E-state index >= 15 is 0 Å². The third-order valence-electron chi connectivity index (χ3n) is 4.55. The summed E-state index contributed by atoms with van der Waals surface area (Å²) < 4.78 is 0. The van der Waals surface area contributed by atoms with Gasteiger partial charge in [-0.2, -0.15) is 0 Å². The molecule has 0 saturated heterocycles. The fourth-order valence-electron chi connectivity index (χ4n) is 3.06. The highest BCUT2D eigenvalue weighted by Gasteiger charge is 2.25. The topological polar surface area (TPSA) is 15.3 Å². The summed E-state index contributed by atoms with van der Waals surface area (Å²) >= 11 is 0. The van der Waals surface area contributed by atoms with Crippen molar-refractivity contribution in [2.75, 3.05) is 19.6 Å². The summed E-state index contributed by atoms with van der Waals surface area (Å²) in [4.78, 5) is 2.73. The van der Waals surface area contributed by atoms with Crippen molar-refractivity contribution in [2.24, 2.45) is 5.92 Å². The van der Waals surface area contributed by atoms with Gasteiger partial charge in [-0.25, -0.2) is 0 Å². The molecule has 1 fully saturated rings. The van der Waals surface area contributed by atoms with Gasteiger partial charge in [-0.15, -0.1) is 0 Å². The fourth-order valence-corrected chi connectivity index (χ4v) is 3.06. The molecular formula is C16H34N2. The molecule has 0 bridgehead atoms. The van der Waals surface area contributed by atoms with Gasteiger partial charge in [0.05, 0.1) is 0 Å². The highest BCUT2D eigenvalue weighted by Crippen LogP contribution is 2.24. The second-order valence-electron chi connectivity index (χ2n) is 6.06. The molecule has 1 aliphatic carbocycles. The summed E-state index contributed by atoms with van der Waals surface area (Å²) in [6.07, 6.45) is 8.11. The number of hydrogen-bond acceptors (Lipinski definition) is 2. The molecule has 1 unspecified atom stereocenters. The van der Waals surface area contributed by atoms with Gasteiger partial charge >= 0.3 is 0 Å². The quantitative estimate of drug-likeness (QED) is 0.711. The van der Waals surface area contributed by atoms with Crippen molar-refractivity contribution in [1.29, 1.82) is 0 Å². The first kappa shape index (κ1) is 16.0. The minimum absolute atomic E-state index is 0.795. The smallest absolute Gasteiger partial charge is 0.00964 e. The fraction of sp³-hybridized carbons (Fsp3) is 1.00. The van der Waals surface area contributed by atoms with Crippen LogP contribution in [0.15, 0.2) is 0 Å². The van der Waals surface area contributed by atoms with E-state index in [4.69, 9.17) is 0 Å². The summed E-state index contributed by atoms with van der Waals surface area (Å²) in [6.45, 7) is 13.0. The third kappa shape index (κ3) is 5.27. The second kappa shape index (κ2) is 8.92. The average Bonchev–Trinajstić information content (AvgIpc) is 2.42. The van der Waals surface area contributed by atoms with Crippen LogP contribution in [-0.4, -0.2) is 36.6 Å². The van der Waals surface area contributed by atoms with Crippen LogP contribution in [0.3, 0.4) is 0 Å².